The number of nitrogens with zero attached hydrogens (tertiary/aromatic N) is 1. The maximum absolute atomic E-state index is 11.5. The molecular formula is C14H27NO2. The molecule has 0 saturated carbocycles. The minimum atomic E-state index is -0.0219. The molecule has 1 aliphatic heterocycles. The molecule has 17 heavy (non-hydrogen) atoms. The fourth-order valence-electron chi connectivity index (χ4n) is 2.60. The van der Waals surface area contributed by atoms with Gasteiger partial charge in [0.05, 0.1) is 6.61 Å². The summed E-state index contributed by atoms with van der Waals surface area (Å²) in [5.74, 6) is 1.11. The molecule has 2 unspecified atom stereocenters. The smallest absolute Gasteiger partial charge is 0.306 e. The minimum Gasteiger partial charge on any atom is -0.466 e. The second-order valence-corrected chi connectivity index (χ2v) is 5.19. The van der Waals surface area contributed by atoms with Crippen LogP contribution >= 0.6 is 0 Å². The first kappa shape index (κ1) is 14.5. The number of ether oxygens (including phenoxy) is 1. The largest absolute Gasteiger partial charge is 0.466 e. The van der Waals surface area contributed by atoms with E-state index in [1.54, 1.807) is 0 Å². The number of carbonyl (C=O) groups excluding carboxylic acids is 1. The molecule has 0 spiro atoms. The van der Waals surface area contributed by atoms with Crippen LogP contribution in [-0.4, -0.2) is 37.1 Å². The lowest BCUT2D eigenvalue weighted by Gasteiger charge is -2.36. The van der Waals surface area contributed by atoms with Gasteiger partial charge in [-0.15, -0.1) is 0 Å². The summed E-state index contributed by atoms with van der Waals surface area (Å²) in [6.07, 6.45) is 4.30. The normalized spacial score (nSPS) is 25.8. The van der Waals surface area contributed by atoms with Gasteiger partial charge in [0, 0.05) is 13.0 Å². The molecule has 1 aliphatic rings. The highest BCUT2D eigenvalue weighted by Gasteiger charge is 2.27. The molecule has 0 amide bonds. The molecule has 0 aromatic carbocycles. The standard InChI is InChI=1S/C14H27NO2/c1-4-6-8-15-9-7-13(12(3)11-15)10-14(16)17-5-2/h12-13H,4-11H2,1-3H3. The van der Waals surface area contributed by atoms with Crippen LogP contribution in [-0.2, 0) is 9.53 Å². The van der Waals surface area contributed by atoms with Crippen LogP contribution in [0.2, 0.25) is 0 Å². The zero-order valence-electron chi connectivity index (χ0n) is 11.6. The average Bonchev–Trinajstić information content (AvgIpc) is 2.30. The molecule has 3 heteroatoms. The summed E-state index contributed by atoms with van der Waals surface area (Å²) in [5, 5.41) is 0. The van der Waals surface area contributed by atoms with Crippen molar-refractivity contribution in [1.29, 1.82) is 0 Å². The quantitative estimate of drug-likeness (QED) is 0.670. The van der Waals surface area contributed by atoms with E-state index in [-0.39, 0.29) is 5.97 Å². The van der Waals surface area contributed by atoms with Gasteiger partial charge < -0.3 is 9.64 Å². The van der Waals surface area contributed by atoms with Gasteiger partial charge in [0.2, 0.25) is 0 Å². The SMILES string of the molecule is CCCCN1CCC(CC(=O)OCC)C(C)C1. The third kappa shape index (κ3) is 5.07. The highest BCUT2D eigenvalue weighted by atomic mass is 16.5. The second kappa shape index (κ2) is 7.70. The van der Waals surface area contributed by atoms with E-state index < -0.39 is 0 Å². The molecule has 2 atom stereocenters. The maximum atomic E-state index is 11.5. The maximum Gasteiger partial charge on any atom is 0.306 e. The topological polar surface area (TPSA) is 29.5 Å². The van der Waals surface area contributed by atoms with Crippen LogP contribution in [0.25, 0.3) is 0 Å². The number of piperidine rings is 1. The van der Waals surface area contributed by atoms with Gasteiger partial charge in [-0.25, -0.2) is 0 Å². The zero-order valence-corrected chi connectivity index (χ0v) is 11.6. The van der Waals surface area contributed by atoms with Gasteiger partial charge >= 0.3 is 5.97 Å². The fraction of sp³-hybridized carbons (Fsp3) is 0.929. The van der Waals surface area contributed by atoms with Gasteiger partial charge in [0.15, 0.2) is 0 Å². The Morgan fingerprint density at radius 1 is 1.41 bits per heavy atom. The average molecular weight is 241 g/mol. The van der Waals surface area contributed by atoms with Crippen LogP contribution < -0.4 is 0 Å². The molecule has 1 saturated heterocycles. The van der Waals surface area contributed by atoms with Crippen LogP contribution in [0.3, 0.4) is 0 Å². The summed E-state index contributed by atoms with van der Waals surface area (Å²) in [5.41, 5.74) is 0. The molecule has 0 aliphatic carbocycles. The van der Waals surface area contributed by atoms with Crippen molar-refractivity contribution in [2.75, 3.05) is 26.2 Å². The number of likely N-dealkylation sites (tertiary alicyclic amines) is 1. The Labute approximate surface area is 106 Å². The Morgan fingerprint density at radius 2 is 2.18 bits per heavy atom. The van der Waals surface area contributed by atoms with Crippen molar-refractivity contribution in [3.8, 4) is 0 Å². The Kier molecular flexibility index (Phi) is 6.56. The molecule has 1 heterocycles. The summed E-state index contributed by atoms with van der Waals surface area (Å²) >= 11 is 0. The Bertz CT molecular complexity index is 230. The lowest BCUT2D eigenvalue weighted by molar-refractivity contribution is -0.145. The van der Waals surface area contributed by atoms with E-state index in [1.165, 1.54) is 19.4 Å². The monoisotopic (exact) mass is 241 g/mol. The summed E-state index contributed by atoms with van der Waals surface area (Å²) in [6.45, 7) is 10.4. The van der Waals surface area contributed by atoms with Crippen molar-refractivity contribution >= 4 is 5.97 Å². The van der Waals surface area contributed by atoms with Crippen molar-refractivity contribution < 1.29 is 9.53 Å². The molecule has 0 N–H and O–H groups in total. The number of hydrogen-bond acceptors (Lipinski definition) is 3. The van der Waals surface area contributed by atoms with Crippen LogP contribution in [0.5, 0.6) is 0 Å². The Balaban J connectivity index is 2.29. The first-order valence-electron chi connectivity index (χ1n) is 7.05. The molecule has 1 fully saturated rings. The van der Waals surface area contributed by atoms with Gasteiger partial charge in [-0.05, 0) is 44.7 Å². The predicted molar refractivity (Wildman–Crippen MR) is 69.9 cm³/mol. The summed E-state index contributed by atoms with van der Waals surface area (Å²) in [7, 11) is 0. The molecule has 0 aromatic heterocycles. The number of carbonyl (C=O) groups is 1. The van der Waals surface area contributed by atoms with Gasteiger partial charge in [0.1, 0.15) is 0 Å². The third-order valence-corrected chi connectivity index (χ3v) is 3.73. The zero-order chi connectivity index (χ0) is 12.7. The highest BCUT2D eigenvalue weighted by molar-refractivity contribution is 5.69. The number of esters is 1. The van der Waals surface area contributed by atoms with E-state index in [1.807, 2.05) is 6.92 Å². The van der Waals surface area contributed by atoms with Crippen LogP contribution in [0.1, 0.15) is 46.5 Å². The summed E-state index contributed by atoms with van der Waals surface area (Å²) < 4.78 is 5.03. The summed E-state index contributed by atoms with van der Waals surface area (Å²) in [6, 6.07) is 0. The molecule has 100 valence electrons. The number of unbranched alkanes of at least 4 members (excludes halogenated alkanes) is 1. The van der Waals surface area contributed by atoms with E-state index >= 15 is 0 Å². The predicted octanol–water partition coefficient (Wildman–Crippen LogP) is 2.70. The number of hydrogen-bond donors (Lipinski definition) is 0. The van der Waals surface area contributed by atoms with Crippen LogP contribution in [0, 0.1) is 11.8 Å². The molecule has 3 nitrogen and oxygen atoms in total. The van der Waals surface area contributed by atoms with Gasteiger partial charge in [-0.3, -0.25) is 4.79 Å². The van der Waals surface area contributed by atoms with E-state index in [4.69, 9.17) is 4.74 Å². The van der Waals surface area contributed by atoms with Crippen LogP contribution in [0.4, 0.5) is 0 Å². The summed E-state index contributed by atoms with van der Waals surface area (Å²) in [4.78, 5) is 14.0. The van der Waals surface area contributed by atoms with Gasteiger partial charge in [-0.1, -0.05) is 20.3 Å². The van der Waals surface area contributed by atoms with E-state index in [9.17, 15) is 4.79 Å². The van der Waals surface area contributed by atoms with E-state index in [0.29, 0.717) is 24.9 Å². The van der Waals surface area contributed by atoms with Crippen molar-refractivity contribution in [1.82, 2.24) is 4.90 Å². The molecular weight excluding hydrogens is 214 g/mol. The third-order valence-electron chi connectivity index (χ3n) is 3.73. The fourth-order valence-corrected chi connectivity index (χ4v) is 2.60. The van der Waals surface area contributed by atoms with Crippen LogP contribution in [0.15, 0.2) is 0 Å². The first-order valence-corrected chi connectivity index (χ1v) is 7.05. The van der Waals surface area contributed by atoms with Crippen molar-refractivity contribution in [3.05, 3.63) is 0 Å². The van der Waals surface area contributed by atoms with Crippen molar-refractivity contribution in [2.45, 2.75) is 46.5 Å². The minimum absolute atomic E-state index is 0.0219. The number of rotatable bonds is 6. The van der Waals surface area contributed by atoms with E-state index in [2.05, 4.69) is 18.7 Å². The Morgan fingerprint density at radius 3 is 2.76 bits per heavy atom. The van der Waals surface area contributed by atoms with Crippen molar-refractivity contribution in [2.24, 2.45) is 11.8 Å². The molecule has 0 aromatic rings. The lowest BCUT2D eigenvalue weighted by atomic mass is 9.84. The van der Waals surface area contributed by atoms with E-state index in [0.717, 1.165) is 19.5 Å². The van der Waals surface area contributed by atoms with Crippen molar-refractivity contribution in [3.63, 3.8) is 0 Å². The first-order chi connectivity index (χ1) is 8.17. The molecule has 0 bridgehead atoms. The van der Waals surface area contributed by atoms with Gasteiger partial charge in [-0.2, -0.15) is 0 Å². The highest BCUT2D eigenvalue weighted by Crippen LogP contribution is 2.26. The molecule has 1 rings (SSSR count). The Hall–Kier alpha value is -0.570. The van der Waals surface area contributed by atoms with Gasteiger partial charge in [0.25, 0.3) is 0 Å². The second-order valence-electron chi connectivity index (χ2n) is 5.19. The lowest BCUT2D eigenvalue weighted by Crippen LogP contribution is -2.40. The molecule has 0 radical (unpaired) electrons.